The van der Waals surface area contributed by atoms with Crippen molar-refractivity contribution in [1.29, 1.82) is 0 Å². The van der Waals surface area contributed by atoms with Crippen LogP contribution in [0.2, 0.25) is 0 Å². The highest BCUT2D eigenvalue weighted by atomic mass is 31.2. The van der Waals surface area contributed by atoms with Crippen molar-refractivity contribution >= 4 is 36.4 Å². The second-order valence-electron chi connectivity index (χ2n) is 9.84. The zero-order valence-electron chi connectivity index (χ0n) is 22.2. The Labute approximate surface area is 216 Å². The molecule has 0 spiro atoms. The molecule has 37 heavy (non-hydrogen) atoms. The standard InChI is InChI=1S/C23H37N6O7P/c1-14(2)34-21(30)17(6)36-37(32,28-23(8-7-9-23)22(31)35-15(3)4)13-33-16(5)10-29-12-27-18-19(24)25-11-26-20(18)29/h11-12,14-17H,7-10,13H2,1-6H3,(H,28,32)(H2,24,25,26)/t16-,17+,37-/m1/s1. The van der Waals surface area contributed by atoms with Crippen molar-refractivity contribution in [3.8, 4) is 0 Å². The molecule has 0 saturated heterocycles. The van der Waals surface area contributed by atoms with Crippen LogP contribution in [0.25, 0.3) is 11.2 Å². The Morgan fingerprint density at radius 2 is 1.78 bits per heavy atom. The predicted octanol–water partition coefficient (Wildman–Crippen LogP) is 2.78. The number of rotatable bonds is 13. The molecule has 0 amide bonds. The van der Waals surface area contributed by atoms with Crippen LogP contribution in [-0.2, 0) is 39.4 Å². The van der Waals surface area contributed by atoms with Gasteiger partial charge in [0.05, 0.1) is 31.2 Å². The van der Waals surface area contributed by atoms with E-state index in [9.17, 15) is 14.2 Å². The lowest BCUT2D eigenvalue weighted by Gasteiger charge is -2.42. The van der Waals surface area contributed by atoms with Crippen LogP contribution >= 0.6 is 7.52 Å². The summed E-state index contributed by atoms with van der Waals surface area (Å²) in [6, 6.07) is 0. The van der Waals surface area contributed by atoms with Gasteiger partial charge in [-0.15, -0.1) is 0 Å². The van der Waals surface area contributed by atoms with Crippen molar-refractivity contribution in [2.24, 2.45) is 0 Å². The van der Waals surface area contributed by atoms with Crippen LogP contribution in [0, 0.1) is 0 Å². The van der Waals surface area contributed by atoms with Gasteiger partial charge < -0.3 is 29.0 Å². The molecular weight excluding hydrogens is 503 g/mol. The van der Waals surface area contributed by atoms with Gasteiger partial charge in [0.15, 0.2) is 17.6 Å². The molecule has 0 radical (unpaired) electrons. The number of nitrogens with two attached hydrogens (primary N) is 1. The molecule has 3 rings (SSSR count). The third-order valence-corrected chi connectivity index (χ3v) is 7.66. The summed E-state index contributed by atoms with van der Waals surface area (Å²) in [5.41, 5.74) is 5.68. The summed E-state index contributed by atoms with van der Waals surface area (Å²) in [7, 11) is -3.90. The van der Waals surface area contributed by atoms with E-state index in [4.69, 9.17) is 24.5 Å². The Morgan fingerprint density at radius 3 is 2.38 bits per heavy atom. The Morgan fingerprint density at radius 1 is 1.11 bits per heavy atom. The second-order valence-corrected chi connectivity index (χ2v) is 11.9. The summed E-state index contributed by atoms with van der Waals surface area (Å²) in [4.78, 5) is 37.7. The third kappa shape index (κ3) is 7.25. The molecule has 2 aromatic heterocycles. The van der Waals surface area contributed by atoms with Crippen LogP contribution in [0.4, 0.5) is 5.82 Å². The van der Waals surface area contributed by atoms with Gasteiger partial charge in [-0.3, -0.25) is 9.36 Å². The molecule has 0 aromatic carbocycles. The minimum Gasteiger partial charge on any atom is -0.462 e. The first-order valence-electron chi connectivity index (χ1n) is 12.4. The van der Waals surface area contributed by atoms with Gasteiger partial charge in [0, 0.05) is 0 Å². The number of nitrogens with one attached hydrogen (secondary N) is 1. The van der Waals surface area contributed by atoms with Gasteiger partial charge >= 0.3 is 11.9 Å². The van der Waals surface area contributed by atoms with Crippen molar-refractivity contribution in [3.63, 3.8) is 0 Å². The monoisotopic (exact) mass is 540 g/mol. The Hall–Kier alpha value is -2.60. The highest BCUT2D eigenvalue weighted by Gasteiger charge is 2.51. The van der Waals surface area contributed by atoms with E-state index in [1.165, 1.54) is 13.3 Å². The Balaban J connectivity index is 1.75. The average Bonchev–Trinajstić information content (AvgIpc) is 3.18. The smallest absolute Gasteiger partial charge is 0.335 e. The highest BCUT2D eigenvalue weighted by molar-refractivity contribution is 7.56. The minimum absolute atomic E-state index is 0.265. The second kappa shape index (κ2) is 11.8. The molecule has 2 heterocycles. The molecule has 0 bridgehead atoms. The first kappa shape index (κ1) is 29.0. The fourth-order valence-electron chi connectivity index (χ4n) is 3.85. The maximum atomic E-state index is 14.0. The first-order chi connectivity index (χ1) is 17.3. The summed E-state index contributed by atoms with van der Waals surface area (Å²) in [6.07, 6.45) is 1.78. The van der Waals surface area contributed by atoms with Crippen LogP contribution in [0.15, 0.2) is 12.7 Å². The summed E-state index contributed by atoms with van der Waals surface area (Å²) in [5, 5.41) is 2.91. The van der Waals surface area contributed by atoms with E-state index in [2.05, 4.69) is 20.0 Å². The molecule has 0 aliphatic heterocycles. The van der Waals surface area contributed by atoms with E-state index >= 15 is 0 Å². The van der Waals surface area contributed by atoms with Gasteiger partial charge in [-0.1, -0.05) is 0 Å². The van der Waals surface area contributed by atoms with E-state index in [0.29, 0.717) is 30.6 Å². The number of anilines is 1. The molecular formula is C23H37N6O7P. The van der Waals surface area contributed by atoms with Gasteiger partial charge in [-0.05, 0) is 60.8 Å². The largest absolute Gasteiger partial charge is 0.462 e. The maximum Gasteiger partial charge on any atom is 0.335 e. The summed E-state index contributed by atoms with van der Waals surface area (Å²) in [6.45, 7) is 10.4. The first-order valence-corrected chi connectivity index (χ1v) is 14.2. The predicted molar refractivity (Wildman–Crippen MR) is 135 cm³/mol. The zero-order valence-corrected chi connectivity index (χ0v) is 23.1. The topological polar surface area (TPSA) is 170 Å². The number of carbonyl (C=O) groups is 2. The quantitative estimate of drug-likeness (QED) is 0.282. The highest BCUT2D eigenvalue weighted by Crippen LogP contribution is 2.50. The number of esters is 2. The number of imidazole rings is 1. The van der Waals surface area contributed by atoms with E-state index in [0.717, 1.165) is 6.42 Å². The molecule has 3 N–H and O–H groups in total. The van der Waals surface area contributed by atoms with Crippen molar-refractivity contribution < 1.29 is 32.9 Å². The summed E-state index contributed by atoms with van der Waals surface area (Å²) >= 11 is 0. The van der Waals surface area contributed by atoms with Crippen LogP contribution in [0.5, 0.6) is 0 Å². The molecule has 2 aromatic rings. The van der Waals surface area contributed by atoms with Crippen molar-refractivity contribution in [2.75, 3.05) is 12.1 Å². The molecule has 1 aliphatic rings. The van der Waals surface area contributed by atoms with Crippen molar-refractivity contribution in [1.82, 2.24) is 24.6 Å². The molecule has 0 unspecified atom stereocenters. The molecule has 14 heteroatoms. The SMILES string of the molecule is CC(C)OC(=O)[C@H](C)O[P@](=O)(CO[C@H](C)Cn1cnc2c(N)ncnc21)NC1(C(=O)OC(C)C)CCC1. The van der Waals surface area contributed by atoms with Gasteiger partial charge in [-0.2, -0.15) is 0 Å². The average molecular weight is 541 g/mol. The lowest BCUT2D eigenvalue weighted by atomic mass is 9.78. The van der Waals surface area contributed by atoms with Gasteiger partial charge in [0.25, 0.3) is 7.52 Å². The third-order valence-electron chi connectivity index (χ3n) is 5.75. The number of hydrogen-bond donors (Lipinski definition) is 2. The zero-order chi connectivity index (χ0) is 27.4. The number of aromatic nitrogens is 4. The fraction of sp³-hybridized carbons (Fsp3) is 0.696. The molecule has 206 valence electrons. The lowest BCUT2D eigenvalue weighted by Crippen LogP contribution is -2.57. The van der Waals surface area contributed by atoms with E-state index in [1.807, 2.05) is 0 Å². The van der Waals surface area contributed by atoms with Crippen LogP contribution in [-0.4, -0.2) is 67.8 Å². The number of ether oxygens (including phenoxy) is 3. The van der Waals surface area contributed by atoms with Crippen LogP contribution < -0.4 is 10.8 Å². The van der Waals surface area contributed by atoms with Crippen LogP contribution in [0.3, 0.4) is 0 Å². The number of nitrogen functional groups attached to an aromatic ring is 1. The number of hydrogen-bond acceptors (Lipinski definition) is 11. The van der Waals surface area contributed by atoms with Crippen molar-refractivity contribution in [2.45, 2.75) is 97.3 Å². The van der Waals surface area contributed by atoms with Gasteiger partial charge in [0.1, 0.15) is 23.7 Å². The molecule has 13 nitrogen and oxygen atoms in total. The van der Waals surface area contributed by atoms with Crippen molar-refractivity contribution in [3.05, 3.63) is 12.7 Å². The Kier molecular flexibility index (Phi) is 9.27. The maximum absolute atomic E-state index is 14.0. The minimum atomic E-state index is -3.90. The van der Waals surface area contributed by atoms with E-state index in [-0.39, 0.29) is 18.0 Å². The fourth-order valence-corrected chi connectivity index (χ4v) is 6.04. The number of fused-ring (bicyclic) bond motifs is 1. The van der Waals surface area contributed by atoms with Gasteiger partial charge in [-0.25, -0.2) is 24.8 Å². The van der Waals surface area contributed by atoms with E-state index < -0.39 is 43.6 Å². The molecule has 1 aliphatic carbocycles. The summed E-state index contributed by atoms with van der Waals surface area (Å²) in [5.74, 6) is -0.911. The normalized spacial score (nSPS) is 18.3. The van der Waals surface area contributed by atoms with Gasteiger partial charge in [0.2, 0.25) is 0 Å². The Bertz CT molecular complexity index is 1150. The van der Waals surface area contributed by atoms with Crippen LogP contribution in [0.1, 0.15) is 60.8 Å². The molecule has 1 fully saturated rings. The number of carbonyl (C=O) groups excluding carboxylic acids is 2. The lowest BCUT2D eigenvalue weighted by molar-refractivity contribution is -0.158. The molecule has 1 saturated carbocycles. The number of nitrogens with zero attached hydrogens (tertiary/aromatic N) is 4. The summed E-state index contributed by atoms with van der Waals surface area (Å²) < 4.78 is 38.1. The molecule has 3 atom stereocenters. The van der Waals surface area contributed by atoms with E-state index in [1.54, 1.807) is 45.5 Å².